The number of unbranched alkanes of at least 4 members (excludes halogenated alkanes) is 1. The molecular formula is C13H15ClO3. The Morgan fingerprint density at radius 3 is 2.88 bits per heavy atom. The molecule has 0 bridgehead atoms. The third kappa shape index (κ3) is 4.91. The lowest BCUT2D eigenvalue weighted by Crippen LogP contribution is -1.92. The summed E-state index contributed by atoms with van der Waals surface area (Å²) in [6, 6.07) is 5.45. The Hall–Kier alpha value is -1.48. The average Bonchev–Trinajstić information content (AvgIpc) is 2.30. The zero-order chi connectivity index (χ0) is 12.7. The molecular weight excluding hydrogens is 240 g/mol. The molecule has 0 amide bonds. The van der Waals surface area contributed by atoms with E-state index in [2.05, 4.69) is 0 Å². The molecule has 0 aromatic heterocycles. The maximum absolute atomic E-state index is 10.3. The molecule has 0 aliphatic carbocycles. The summed E-state index contributed by atoms with van der Waals surface area (Å²) in [6.07, 6.45) is 5.38. The van der Waals surface area contributed by atoms with Gasteiger partial charge in [-0.25, -0.2) is 0 Å². The van der Waals surface area contributed by atoms with E-state index in [-0.39, 0.29) is 6.42 Å². The minimum atomic E-state index is -0.763. The molecule has 92 valence electrons. The van der Waals surface area contributed by atoms with Crippen LogP contribution in [0.5, 0.6) is 5.75 Å². The molecule has 4 heteroatoms. The molecule has 3 nitrogen and oxygen atoms in total. The Bertz CT molecular complexity index is 413. The summed E-state index contributed by atoms with van der Waals surface area (Å²) in [4.78, 5) is 10.3. The van der Waals surface area contributed by atoms with Crippen LogP contribution in [0.2, 0.25) is 5.02 Å². The van der Waals surface area contributed by atoms with Crippen LogP contribution in [0, 0.1) is 0 Å². The van der Waals surface area contributed by atoms with Crippen molar-refractivity contribution in [2.45, 2.75) is 19.3 Å². The van der Waals surface area contributed by atoms with Gasteiger partial charge in [0.15, 0.2) is 0 Å². The third-order valence-electron chi connectivity index (χ3n) is 2.27. The van der Waals surface area contributed by atoms with Gasteiger partial charge in [0.2, 0.25) is 0 Å². The van der Waals surface area contributed by atoms with Gasteiger partial charge in [0.1, 0.15) is 5.75 Å². The van der Waals surface area contributed by atoms with Crippen molar-refractivity contribution in [3.05, 3.63) is 34.9 Å². The largest absolute Gasteiger partial charge is 0.497 e. The predicted molar refractivity (Wildman–Crippen MR) is 68.5 cm³/mol. The number of rotatable bonds is 6. The molecule has 1 N–H and O–H groups in total. The summed E-state index contributed by atoms with van der Waals surface area (Å²) in [5.74, 6) is -0.0427. The Balaban J connectivity index is 2.50. The number of methoxy groups -OCH3 is 1. The first kappa shape index (κ1) is 13.6. The van der Waals surface area contributed by atoms with E-state index in [9.17, 15) is 4.79 Å². The minimum Gasteiger partial charge on any atom is -0.497 e. The number of hydrogen-bond donors (Lipinski definition) is 1. The van der Waals surface area contributed by atoms with Crippen molar-refractivity contribution in [3.63, 3.8) is 0 Å². The van der Waals surface area contributed by atoms with E-state index in [1.54, 1.807) is 13.2 Å². The fourth-order valence-electron chi connectivity index (χ4n) is 1.35. The number of hydrogen-bond acceptors (Lipinski definition) is 2. The number of allylic oxidation sites excluding steroid dienone is 1. The highest BCUT2D eigenvalue weighted by atomic mass is 35.5. The summed E-state index contributed by atoms with van der Waals surface area (Å²) in [6.45, 7) is 0. The normalized spacial score (nSPS) is 10.7. The number of aliphatic carboxylic acids is 1. The highest BCUT2D eigenvalue weighted by molar-refractivity contribution is 6.32. The Labute approximate surface area is 106 Å². The third-order valence-corrected chi connectivity index (χ3v) is 2.59. The van der Waals surface area contributed by atoms with E-state index >= 15 is 0 Å². The molecule has 0 aliphatic rings. The molecule has 17 heavy (non-hydrogen) atoms. The van der Waals surface area contributed by atoms with Gasteiger partial charge >= 0.3 is 5.97 Å². The van der Waals surface area contributed by atoms with Crippen molar-refractivity contribution in [3.8, 4) is 5.75 Å². The van der Waals surface area contributed by atoms with Gasteiger partial charge in [0, 0.05) is 6.42 Å². The number of carboxylic acids is 1. The molecule has 0 heterocycles. The number of halogens is 1. The minimum absolute atomic E-state index is 0.195. The molecule has 0 unspecified atom stereocenters. The van der Waals surface area contributed by atoms with Crippen molar-refractivity contribution in [2.75, 3.05) is 7.11 Å². The first-order chi connectivity index (χ1) is 8.13. The van der Waals surface area contributed by atoms with Gasteiger partial charge in [-0.1, -0.05) is 23.8 Å². The van der Waals surface area contributed by atoms with Gasteiger partial charge in [0.05, 0.1) is 12.1 Å². The van der Waals surface area contributed by atoms with Crippen LogP contribution in [-0.4, -0.2) is 18.2 Å². The predicted octanol–water partition coefficient (Wildman–Crippen LogP) is 3.62. The van der Waals surface area contributed by atoms with E-state index in [0.717, 1.165) is 17.7 Å². The lowest BCUT2D eigenvalue weighted by molar-refractivity contribution is -0.137. The highest BCUT2D eigenvalue weighted by Crippen LogP contribution is 2.23. The lowest BCUT2D eigenvalue weighted by atomic mass is 10.1. The molecule has 0 aliphatic heterocycles. The van der Waals surface area contributed by atoms with Crippen molar-refractivity contribution >= 4 is 23.6 Å². The number of carbonyl (C=O) groups is 1. The lowest BCUT2D eigenvalue weighted by Gasteiger charge is -2.02. The molecule has 0 atom stereocenters. The monoisotopic (exact) mass is 254 g/mol. The highest BCUT2D eigenvalue weighted by Gasteiger charge is 1.99. The first-order valence-electron chi connectivity index (χ1n) is 5.35. The van der Waals surface area contributed by atoms with Crippen molar-refractivity contribution in [1.82, 2.24) is 0 Å². The summed E-state index contributed by atoms with van der Waals surface area (Å²) in [5, 5.41) is 9.10. The van der Waals surface area contributed by atoms with Crippen LogP contribution in [0.25, 0.3) is 6.08 Å². The molecule has 1 aromatic carbocycles. The second-order valence-electron chi connectivity index (χ2n) is 3.58. The number of carboxylic acid groups (broad SMARTS) is 1. The Kier molecular flexibility index (Phi) is 5.57. The SMILES string of the molecule is COc1ccc(/C=C/CCCC(=O)O)c(Cl)c1. The van der Waals surface area contributed by atoms with Crippen LogP contribution >= 0.6 is 11.6 Å². The zero-order valence-electron chi connectivity index (χ0n) is 9.65. The summed E-state index contributed by atoms with van der Waals surface area (Å²) in [5.41, 5.74) is 0.905. The number of benzene rings is 1. The van der Waals surface area contributed by atoms with Crippen molar-refractivity contribution < 1.29 is 14.6 Å². The van der Waals surface area contributed by atoms with Gasteiger partial charge in [-0.3, -0.25) is 4.79 Å². The smallest absolute Gasteiger partial charge is 0.303 e. The standard InChI is InChI=1S/C13H15ClO3/c1-17-11-8-7-10(12(14)9-11)5-3-2-4-6-13(15)16/h3,5,7-9H,2,4,6H2,1H3,(H,15,16)/b5-3+. The molecule has 0 fully saturated rings. The molecule has 1 rings (SSSR count). The van der Waals surface area contributed by atoms with Gasteiger partial charge in [-0.15, -0.1) is 0 Å². The van der Waals surface area contributed by atoms with Gasteiger partial charge in [0.25, 0.3) is 0 Å². The fraction of sp³-hybridized carbons (Fsp3) is 0.308. The van der Waals surface area contributed by atoms with E-state index in [1.165, 1.54) is 0 Å². The molecule has 0 saturated heterocycles. The topological polar surface area (TPSA) is 46.5 Å². The average molecular weight is 255 g/mol. The van der Waals surface area contributed by atoms with Crippen molar-refractivity contribution in [1.29, 1.82) is 0 Å². The van der Waals surface area contributed by atoms with Crippen LogP contribution in [0.1, 0.15) is 24.8 Å². The summed E-state index contributed by atoms with van der Waals surface area (Å²) < 4.78 is 5.05. The second kappa shape index (κ2) is 6.97. The van der Waals surface area contributed by atoms with Crippen LogP contribution in [0.15, 0.2) is 24.3 Å². The van der Waals surface area contributed by atoms with E-state index in [4.69, 9.17) is 21.4 Å². The summed E-state index contributed by atoms with van der Waals surface area (Å²) in [7, 11) is 1.59. The molecule has 1 aromatic rings. The van der Waals surface area contributed by atoms with Crippen LogP contribution in [0.4, 0.5) is 0 Å². The van der Waals surface area contributed by atoms with Crippen LogP contribution < -0.4 is 4.74 Å². The van der Waals surface area contributed by atoms with E-state index in [0.29, 0.717) is 11.4 Å². The van der Waals surface area contributed by atoms with Crippen molar-refractivity contribution in [2.24, 2.45) is 0 Å². The Morgan fingerprint density at radius 2 is 2.29 bits per heavy atom. The zero-order valence-corrected chi connectivity index (χ0v) is 10.4. The maximum atomic E-state index is 10.3. The van der Waals surface area contributed by atoms with Crippen LogP contribution in [0.3, 0.4) is 0 Å². The van der Waals surface area contributed by atoms with Gasteiger partial charge < -0.3 is 9.84 Å². The summed E-state index contributed by atoms with van der Waals surface area (Å²) >= 11 is 6.05. The Morgan fingerprint density at radius 1 is 1.53 bits per heavy atom. The molecule has 0 radical (unpaired) electrons. The van der Waals surface area contributed by atoms with Crippen LogP contribution in [-0.2, 0) is 4.79 Å². The quantitative estimate of drug-likeness (QED) is 0.789. The van der Waals surface area contributed by atoms with E-state index in [1.807, 2.05) is 24.3 Å². The van der Waals surface area contributed by atoms with Gasteiger partial charge in [-0.05, 0) is 36.6 Å². The number of ether oxygens (including phenoxy) is 1. The van der Waals surface area contributed by atoms with E-state index < -0.39 is 5.97 Å². The molecule has 0 saturated carbocycles. The maximum Gasteiger partial charge on any atom is 0.303 e. The second-order valence-corrected chi connectivity index (χ2v) is 3.98. The van der Waals surface area contributed by atoms with Gasteiger partial charge in [-0.2, -0.15) is 0 Å². The first-order valence-corrected chi connectivity index (χ1v) is 5.73. The fourth-order valence-corrected chi connectivity index (χ4v) is 1.58. The molecule has 0 spiro atoms.